The fraction of sp³-hybridized carbons (Fsp3) is 0.226. The van der Waals surface area contributed by atoms with Crippen LogP contribution >= 0.6 is 28.1 Å². The number of nitrogens with one attached hydrogen (secondary N) is 1. The van der Waals surface area contributed by atoms with Crippen LogP contribution in [0.4, 0.5) is 5.69 Å². The molecule has 41 heavy (non-hydrogen) atoms. The minimum Gasteiger partial charge on any atom is -0.493 e. The first-order chi connectivity index (χ1) is 19.8. The van der Waals surface area contributed by atoms with Crippen molar-refractivity contribution in [2.24, 2.45) is 0 Å². The Bertz CT molecular complexity index is 1520. The highest BCUT2D eigenvalue weighted by Crippen LogP contribution is 2.31. The summed E-state index contributed by atoms with van der Waals surface area (Å²) in [5, 5.41) is 2.61. The van der Waals surface area contributed by atoms with Crippen LogP contribution < -0.4 is 19.7 Å². The summed E-state index contributed by atoms with van der Waals surface area (Å²) in [6.45, 7) is 1.90. The number of likely N-dealkylation sites (tertiary alicyclic amines) is 1. The van der Waals surface area contributed by atoms with Crippen molar-refractivity contribution >= 4 is 62.7 Å². The molecule has 1 N–H and O–H groups in total. The lowest BCUT2D eigenvalue weighted by atomic mass is 10.1. The molecule has 10 heteroatoms. The van der Waals surface area contributed by atoms with Crippen molar-refractivity contribution in [3.63, 3.8) is 0 Å². The van der Waals surface area contributed by atoms with Gasteiger partial charge in [-0.3, -0.25) is 24.6 Å². The quantitative estimate of drug-likeness (QED) is 0.210. The molecule has 2 fully saturated rings. The molecule has 0 unspecified atom stereocenters. The SMILES string of the molecule is COc1cc(/C=C2\C(=O)NC(=S)N(c3ccc(Br)cc3)C2=O)ccc1OCc1ccc(C(=O)N2CCCCC2)cc1. The molecular weight excluding hydrogens is 606 g/mol. The van der Waals surface area contributed by atoms with E-state index in [-0.39, 0.29) is 23.2 Å². The van der Waals surface area contributed by atoms with E-state index in [4.69, 9.17) is 21.7 Å². The number of hydrogen-bond acceptors (Lipinski definition) is 6. The van der Waals surface area contributed by atoms with Crippen molar-refractivity contribution in [3.05, 3.63) is 93.5 Å². The fourth-order valence-electron chi connectivity index (χ4n) is 4.73. The van der Waals surface area contributed by atoms with Gasteiger partial charge in [0.15, 0.2) is 16.6 Å². The average Bonchev–Trinajstić information content (AvgIpc) is 2.99. The number of hydrogen-bond donors (Lipinski definition) is 1. The normalized spacial score (nSPS) is 16.5. The molecule has 3 aromatic rings. The Balaban J connectivity index is 1.28. The van der Waals surface area contributed by atoms with Gasteiger partial charge in [0.05, 0.1) is 12.8 Å². The zero-order chi connectivity index (χ0) is 28.9. The van der Waals surface area contributed by atoms with Crippen LogP contribution in [0.2, 0.25) is 0 Å². The van der Waals surface area contributed by atoms with Crippen molar-refractivity contribution < 1.29 is 23.9 Å². The first kappa shape index (κ1) is 28.5. The highest BCUT2D eigenvalue weighted by molar-refractivity contribution is 9.10. The molecular formula is C31H28BrN3O5S. The molecule has 0 aliphatic carbocycles. The monoisotopic (exact) mass is 633 g/mol. The van der Waals surface area contributed by atoms with E-state index < -0.39 is 11.8 Å². The Hall–Kier alpha value is -4.02. The third kappa shape index (κ3) is 6.49. The van der Waals surface area contributed by atoms with E-state index in [0.29, 0.717) is 28.3 Å². The Labute approximate surface area is 252 Å². The van der Waals surface area contributed by atoms with Crippen LogP contribution in [-0.4, -0.2) is 47.9 Å². The van der Waals surface area contributed by atoms with Gasteiger partial charge in [0, 0.05) is 23.1 Å². The van der Waals surface area contributed by atoms with Crippen LogP contribution in [0.3, 0.4) is 0 Å². The zero-order valence-corrected chi connectivity index (χ0v) is 24.8. The van der Waals surface area contributed by atoms with Gasteiger partial charge in [-0.25, -0.2) is 0 Å². The summed E-state index contributed by atoms with van der Waals surface area (Å²) >= 11 is 8.65. The number of amides is 3. The average molecular weight is 635 g/mol. The molecule has 0 radical (unpaired) electrons. The molecule has 8 nitrogen and oxygen atoms in total. The van der Waals surface area contributed by atoms with E-state index >= 15 is 0 Å². The number of anilines is 1. The lowest BCUT2D eigenvalue weighted by molar-refractivity contribution is -0.122. The van der Waals surface area contributed by atoms with Gasteiger partial charge in [-0.1, -0.05) is 34.1 Å². The molecule has 2 aliphatic rings. The maximum absolute atomic E-state index is 13.3. The third-order valence-corrected chi connectivity index (χ3v) is 7.74. The molecule has 3 amide bonds. The number of piperidine rings is 1. The van der Waals surface area contributed by atoms with Crippen LogP contribution in [0.25, 0.3) is 6.08 Å². The van der Waals surface area contributed by atoms with Gasteiger partial charge in [0.2, 0.25) is 0 Å². The van der Waals surface area contributed by atoms with Crippen molar-refractivity contribution in [2.75, 3.05) is 25.1 Å². The molecule has 0 aromatic heterocycles. The fourth-order valence-corrected chi connectivity index (χ4v) is 5.27. The summed E-state index contributed by atoms with van der Waals surface area (Å²) in [5.41, 5.74) is 2.64. The minimum absolute atomic E-state index is 0.0182. The van der Waals surface area contributed by atoms with Crippen LogP contribution in [0.1, 0.15) is 40.7 Å². The number of halogens is 1. The number of benzene rings is 3. The Morgan fingerprint density at radius 3 is 2.37 bits per heavy atom. The largest absolute Gasteiger partial charge is 0.493 e. The van der Waals surface area contributed by atoms with E-state index in [1.165, 1.54) is 24.5 Å². The lowest BCUT2D eigenvalue weighted by Crippen LogP contribution is -2.54. The van der Waals surface area contributed by atoms with Gasteiger partial charge >= 0.3 is 0 Å². The van der Waals surface area contributed by atoms with Crippen LogP contribution in [0, 0.1) is 0 Å². The number of methoxy groups -OCH3 is 1. The van der Waals surface area contributed by atoms with Crippen LogP contribution in [-0.2, 0) is 16.2 Å². The second kappa shape index (κ2) is 12.7. The number of carbonyl (C=O) groups is 3. The van der Waals surface area contributed by atoms with Crippen molar-refractivity contribution in [1.29, 1.82) is 0 Å². The second-order valence-corrected chi connectivity index (χ2v) is 11.0. The van der Waals surface area contributed by atoms with E-state index in [2.05, 4.69) is 21.2 Å². The summed E-state index contributed by atoms with van der Waals surface area (Å²) in [6, 6.07) is 19.6. The van der Waals surface area contributed by atoms with Gasteiger partial charge in [-0.15, -0.1) is 0 Å². The van der Waals surface area contributed by atoms with Crippen molar-refractivity contribution in [2.45, 2.75) is 25.9 Å². The molecule has 0 atom stereocenters. The van der Waals surface area contributed by atoms with Crippen molar-refractivity contribution in [3.8, 4) is 11.5 Å². The molecule has 2 saturated heterocycles. The first-order valence-electron chi connectivity index (χ1n) is 13.2. The molecule has 3 aromatic carbocycles. The minimum atomic E-state index is -0.574. The predicted octanol–water partition coefficient (Wildman–Crippen LogP) is 5.49. The number of rotatable bonds is 7. The maximum Gasteiger partial charge on any atom is 0.270 e. The van der Waals surface area contributed by atoms with E-state index in [1.807, 2.05) is 29.2 Å². The van der Waals surface area contributed by atoms with Crippen LogP contribution in [0.5, 0.6) is 11.5 Å². The third-order valence-electron chi connectivity index (χ3n) is 6.92. The summed E-state index contributed by atoms with van der Waals surface area (Å²) in [7, 11) is 1.52. The second-order valence-electron chi connectivity index (χ2n) is 9.68. The summed E-state index contributed by atoms with van der Waals surface area (Å²) in [6.07, 6.45) is 4.78. The van der Waals surface area contributed by atoms with Crippen molar-refractivity contribution in [1.82, 2.24) is 10.2 Å². The Kier molecular flexibility index (Phi) is 8.80. The van der Waals surface area contributed by atoms with E-state index in [0.717, 1.165) is 36.0 Å². The number of carbonyl (C=O) groups excluding carboxylic acids is 3. The maximum atomic E-state index is 13.3. The molecule has 2 heterocycles. The molecule has 210 valence electrons. The summed E-state index contributed by atoms with van der Waals surface area (Å²) < 4.78 is 12.4. The molecule has 2 aliphatic heterocycles. The molecule has 5 rings (SSSR count). The smallest absolute Gasteiger partial charge is 0.270 e. The number of nitrogens with zero attached hydrogens (tertiary/aromatic N) is 2. The van der Waals surface area contributed by atoms with E-state index in [1.54, 1.807) is 42.5 Å². The molecule has 0 bridgehead atoms. The topological polar surface area (TPSA) is 88.2 Å². The van der Waals surface area contributed by atoms with Gasteiger partial charge in [0.1, 0.15) is 12.2 Å². The summed E-state index contributed by atoms with van der Waals surface area (Å²) in [5.74, 6) is -0.0895. The van der Waals surface area contributed by atoms with Gasteiger partial charge in [0.25, 0.3) is 17.7 Å². The predicted molar refractivity (Wildman–Crippen MR) is 164 cm³/mol. The number of thiocarbonyl (C=S) groups is 1. The standard InChI is InChI=1S/C31H28BrN3O5S/c1-39-27-18-21(17-25-28(36)33-31(41)35(30(25)38)24-12-10-23(32)11-13-24)7-14-26(27)40-19-20-5-8-22(9-6-20)29(37)34-15-3-2-4-16-34/h5-14,17-18H,2-4,15-16,19H2,1H3,(H,33,36,41)/b25-17+. The number of ether oxygens (including phenoxy) is 2. The zero-order valence-electron chi connectivity index (χ0n) is 22.4. The highest BCUT2D eigenvalue weighted by Gasteiger charge is 2.34. The lowest BCUT2D eigenvalue weighted by Gasteiger charge is -2.29. The first-order valence-corrected chi connectivity index (χ1v) is 14.4. The van der Waals surface area contributed by atoms with E-state index in [9.17, 15) is 14.4 Å². The van der Waals surface area contributed by atoms with Gasteiger partial charge in [-0.05, 0) is 97.2 Å². The van der Waals surface area contributed by atoms with Gasteiger partial charge < -0.3 is 14.4 Å². The Morgan fingerprint density at radius 2 is 1.68 bits per heavy atom. The molecule has 0 saturated carbocycles. The van der Waals surface area contributed by atoms with Gasteiger partial charge in [-0.2, -0.15) is 0 Å². The Morgan fingerprint density at radius 1 is 0.976 bits per heavy atom. The summed E-state index contributed by atoms with van der Waals surface area (Å²) in [4.78, 5) is 41.9. The molecule has 0 spiro atoms. The van der Waals surface area contributed by atoms with Crippen LogP contribution in [0.15, 0.2) is 76.8 Å². The highest BCUT2D eigenvalue weighted by atomic mass is 79.9.